The summed E-state index contributed by atoms with van der Waals surface area (Å²) in [5, 5.41) is 7.72. The summed E-state index contributed by atoms with van der Waals surface area (Å²) < 4.78 is 14.0. The maximum absolute atomic E-state index is 13.2. The third-order valence-electron chi connectivity index (χ3n) is 5.36. The number of fused-ring (bicyclic) bond motifs is 1. The molecule has 190 valence electrons. The van der Waals surface area contributed by atoms with Gasteiger partial charge in [-0.2, -0.15) is 9.78 Å². The third-order valence-corrected chi connectivity index (χ3v) is 6.54. The summed E-state index contributed by atoms with van der Waals surface area (Å²) in [6, 6.07) is 18.0. The van der Waals surface area contributed by atoms with Crippen LogP contribution in [0.25, 0.3) is 10.9 Å². The summed E-state index contributed by atoms with van der Waals surface area (Å²) in [7, 11) is 1.51. The molecule has 0 bridgehead atoms. The van der Waals surface area contributed by atoms with Crippen molar-refractivity contribution < 1.29 is 14.3 Å². The van der Waals surface area contributed by atoms with Gasteiger partial charge in [0.2, 0.25) is 0 Å². The monoisotopic (exact) mass is 626 g/mol. The van der Waals surface area contributed by atoms with Gasteiger partial charge in [0.15, 0.2) is 18.1 Å². The highest BCUT2D eigenvalue weighted by Gasteiger charge is 2.14. The second kappa shape index (κ2) is 12.2. The van der Waals surface area contributed by atoms with Crippen molar-refractivity contribution in [1.29, 1.82) is 0 Å². The molecule has 1 heterocycles. The molecular weight excluding hydrogens is 604 g/mol. The summed E-state index contributed by atoms with van der Waals surface area (Å²) in [6.45, 7) is 1.82. The minimum absolute atomic E-state index is 0.195. The minimum atomic E-state index is -0.298. The Morgan fingerprint density at radius 2 is 1.89 bits per heavy atom. The molecule has 4 rings (SSSR count). The topological polar surface area (TPSA) is 94.8 Å². The normalized spacial score (nSPS) is 11.1. The number of para-hydroxylation sites is 1. The Labute approximate surface area is 230 Å². The smallest absolute Gasteiger partial charge is 0.282 e. The summed E-state index contributed by atoms with van der Waals surface area (Å²) >= 11 is 6.94. The first-order valence-electron chi connectivity index (χ1n) is 11.5. The molecule has 0 aliphatic carbocycles. The van der Waals surface area contributed by atoms with Crippen molar-refractivity contribution >= 4 is 60.6 Å². The van der Waals surface area contributed by atoms with E-state index in [1.165, 1.54) is 11.8 Å². The maximum atomic E-state index is 13.2. The van der Waals surface area contributed by atoms with Crippen molar-refractivity contribution in [2.45, 2.75) is 19.8 Å². The number of aryl methyl sites for hydroxylation is 1. The lowest BCUT2D eigenvalue weighted by atomic mass is 10.2. The highest BCUT2D eigenvalue weighted by molar-refractivity contribution is 9.10. The molecule has 0 unspecified atom stereocenters. The Balaban J connectivity index is 1.59. The van der Waals surface area contributed by atoms with Gasteiger partial charge in [-0.25, -0.2) is 4.98 Å². The molecule has 4 aromatic rings. The first-order chi connectivity index (χ1) is 17.9. The van der Waals surface area contributed by atoms with Crippen LogP contribution in [0, 0.1) is 0 Å². The number of amides is 1. The number of nitrogens with zero attached hydrogens (tertiary/aromatic N) is 3. The SMILES string of the molecule is CCCc1nc2ccc(Br)cc2c(=O)n1N=Cc1cc(OC)c(OCC(=O)Nc2ccccc2)cc1Br. The van der Waals surface area contributed by atoms with Crippen LogP contribution in [0.3, 0.4) is 0 Å². The highest BCUT2D eigenvalue weighted by atomic mass is 79.9. The lowest BCUT2D eigenvalue weighted by molar-refractivity contribution is -0.118. The fraction of sp³-hybridized carbons (Fsp3) is 0.185. The Morgan fingerprint density at radius 3 is 2.62 bits per heavy atom. The van der Waals surface area contributed by atoms with Crippen LogP contribution >= 0.6 is 31.9 Å². The molecule has 0 radical (unpaired) electrons. The van der Waals surface area contributed by atoms with Gasteiger partial charge in [-0.3, -0.25) is 9.59 Å². The molecule has 3 aromatic carbocycles. The molecule has 0 aliphatic heterocycles. The lowest BCUT2D eigenvalue weighted by Crippen LogP contribution is -2.22. The molecule has 0 saturated carbocycles. The lowest BCUT2D eigenvalue weighted by Gasteiger charge is -2.13. The number of ether oxygens (including phenoxy) is 2. The van der Waals surface area contributed by atoms with E-state index in [2.05, 4.69) is 47.3 Å². The van der Waals surface area contributed by atoms with Gasteiger partial charge in [-0.05, 0) is 64.8 Å². The van der Waals surface area contributed by atoms with Crippen LogP contribution in [0.5, 0.6) is 11.5 Å². The zero-order valence-electron chi connectivity index (χ0n) is 20.2. The second-order valence-electron chi connectivity index (χ2n) is 8.03. The first-order valence-corrected chi connectivity index (χ1v) is 13.1. The van der Waals surface area contributed by atoms with E-state index in [0.29, 0.717) is 50.4 Å². The summed E-state index contributed by atoms with van der Waals surface area (Å²) in [6.07, 6.45) is 2.97. The number of anilines is 1. The number of benzene rings is 3. The molecule has 37 heavy (non-hydrogen) atoms. The highest BCUT2D eigenvalue weighted by Crippen LogP contribution is 2.33. The molecule has 10 heteroatoms. The number of hydrogen-bond donors (Lipinski definition) is 1. The molecule has 0 atom stereocenters. The first kappa shape index (κ1) is 26.6. The Morgan fingerprint density at radius 1 is 1.11 bits per heavy atom. The Bertz CT molecular complexity index is 1520. The maximum Gasteiger partial charge on any atom is 0.282 e. The predicted molar refractivity (Wildman–Crippen MR) is 152 cm³/mol. The Kier molecular flexibility index (Phi) is 8.73. The molecule has 0 spiro atoms. The molecular formula is C27H24Br2N4O4. The van der Waals surface area contributed by atoms with E-state index >= 15 is 0 Å². The van der Waals surface area contributed by atoms with Gasteiger partial charge in [0.1, 0.15) is 5.82 Å². The summed E-state index contributed by atoms with van der Waals surface area (Å²) in [5.74, 6) is 1.08. The van der Waals surface area contributed by atoms with Crippen molar-refractivity contribution in [2.75, 3.05) is 19.0 Å². The van der Waals surface area contributed by atoms with Crippen molar-refractivity contribution in [3.05, 3.63) is 91.4 Å². The molecule has 0 fully saturated rings. The molecule has 0 aliphatic rings. The number of carbonyl (C=O) groups is 1. The van der Waals surface area contributed by atoms with Crippen molar-refractivity contribution in [3.63, 3.8) is 0 Å². The van der Waals surface area contributed by atoms with Crippen LogP contribution in [0.2, 0.25) is 0 Å². The van der Waals surface area contributed by atoms with E-state index < -0.39 is 0 Å². The van der Waals surface area contributed by atoms with Gasteiger partial charge < -0.3 is 14.8 Å². The van der Waals surface area contributed by atoms with Gasteiger partial charge in [-0.1, -0.05) is 41.1 Å². The van der Waals surface area contributed by atoms with E-state index in [4.69, 9.17) is 9.47 Å². The van der Waals surface area contributed by atoms with Crippen LogP contribution < -0.4 is 20.3 Å². The molecule has 0 saturated heterocycles. The number of carbonyl (C=O) groups excluding carboxylic acids is 1. The fourth-order valence-corrected chi connectivity index (χ4v) is 4.39. The quantitative estimate of drug-likeness (QED) is 0.237. The van der Waals surface area contributed by atoms with Gasteiger partial charge >= 0.3 is 0 Å². The van der Waals surface area contributed by atoms with Crippen LogP contribution in [0.1, 0.15) is 24.7 Å². The van der Waals surface area contributed by atoms with Gasteiger partial charge in [0.25, 0.3) is 11.5 Å². The van der Waals surface area contributed by atoms with Gasteiger partial charge in [0.05, 0.1) is 24.2 Å². The summed E-state index contributed by atoms with van der Waals surface area (Å²) in [5.41, 5.74) is 1.72. The standard InChI is InChI=1S/C27H24Br2N4O4/c1-3-7-25-32-22-11-10-18(28)13-20(22)27(35)33(25)30-15-17-12-23(36-2)24(14-21(17)29)37-16-26(34)31-19-8-5-4-6-9-19/h4-6,8-15H,3,7,16H2,1-2H3,(H,31,34). The van der Waals surface area contributed by atoms with Crippen molar-refractivity contribution in [3.8, 4) is 11.5 Å². The van der Waals surface area contributed by atoms with E-state index in [1.807, 2.05) is 37.3 Å². The number of nitrogens with one attached hydrogen (secondary N) is 1. The van der Waals surface area contributed by atoms with Gasteiger partial charge in [-0.15, -0.1) is 0 Å². The molecule has 8 nitrogen and oxygen atoms in total. The van der Waals surface area contributed by atoms with E-state index in [0.717, 1.165) is 10.9 Å². The zero-order chi connectivity index (χ0) is 26.4. The Hall–Kier alpha value is -3.50. The number of aromatic nitrogens is 2. The van der Waals surface area contributed by atoms with Crippen LogP contribution in [-0.4, -0.2) is 35.5 Å². The van der Waals surface area contributed by atoms with E-state index in [-0.39, 0.29) is 18.1 Å². The molecule has 1 aromatic heterocycles. The molecule has 1 N–H and O–H groups in total. The van der Waals surface area contributed by atoms with Crippen molar-refractivity contribution in [2.24, 2.45) is 5.10 Å². The van der Waals surface area contributed by atoms with E-state index in [1.54, 1.807) is 36.5 Å². The van der Waals surface area contributed by atoms with Crippen LogP contribution in [0.4, 0.5) is 5.69 Å². The second-order valence-corrected chi connectivity index (χ2v) is 9.80. The van der Waals surface area contributed by atoms with Crippen LogP contribution in [-0.2, 0) is 11.2 Å². The summed E-state index contributed by atoms with van der Waals surface area (Å²) in [4.78, 5) is 30.2. The average Bonchev–Trinajstić information content (AvgIpc) is 2.89. The molecule has 1 amide bonds. The third kappa shape index (κ3) is 6.44. The largest absolute Gasteiger partial charge is 0.493 e. The number of halogens is 2. The minimum Gasteiger partial charge on any atom is -0.493 e. The van der Waals surface area contributed by atoms with Crippen molar-refractivity contribution in [1.82, 2.24) is 9.66 Å². The van der Waals surface area contributed by atoms with Gasteiger partial charge in [0, 0.05) is 26.6 Å². The fourth-order valence-electron chi connectivity index (χ4n) is 3.60. The zero-order valence-corrected chi connectivity index (χ0v) is 23.4. The predicted octanol–water partition coefficient (Wildman–Crippen LogP) is 5.78. The van der Waals surface area contributed by atoms with Crippen LogP contribution in [0.15, 0.2) is 79.5 Å². The van der Waals surface area contributed by atoms with E-state index in [9.17, 15) is 9.59 Å². The number of hydrogen-bond acceptors (Lipinski definition) is 6. The average molecular weight is 628 g/mol. The number of rotatable bonds is 9. The number of methoxy groups -OCH3 is 1.